The van der Waals surface area contributed by atoms with Gasteiger partial charge < -0.3 is 4.74 Å². The zero-order valence-electron chi connectivity index (χ0n) is 12.9. The van der Waals surface area contributed by atoms with Crippen molar-refractivity contribution in [2.75, 3.05) is 6.61 Å². The Balaban J connectivity index is 3.24. The second kappa shape index (κ2) is 6.17. The van der Waals surface area contributed by atoms with Crippen molar-refractivity contribution in [3.05, 3.63) is 11.4 Å². The fraction of sp³-hybridized carbons (Fsp3) is 0.786. The number of hydrogen-bond acceptors (Lipinski definition) is 4. The smallest absolute Gasteiger partial charge is 0.360 e. The van der Waals surface area contributed by atoms with Crippen LogP contribution in [-0.2, 0) is 10.2 Å². The summed E-state index contributed by atoms with van der Waals surface area (Å²) in [6.07, 6.45) is 2.08. The van der Waals surface area contributed by atoms with Gasteiger partial charge in [-0.15, -0.1) is 5.10 Å². The zero-order chi connectivity index (χ0) is 14.6. The van der Waals surface area contributed by atoms with E-state index in [0.29, 0.717) is 12.3 Å². The lowest BCUT2D eigenvalue weighted by atomic mass is 9.90. The highest BCUT2D eigenvalue weighted by molar-refractivity contribution is 5.88. The molecule has 1 aromatic heterocycles. The van der Waals surface area contributed by atoms with Crippen molar-refractivity contribution >= 4 is 5.97 Å². The summed E-state index contributed by atoms with van der Waals surface area (Å²) in [6, 6.07) is 0.231. The van der Waals surface area contributed by atoms with Crippen molar-refractivity contribution in [3.63, 3.8) is 0 Å². The van der Waals surface area contributed by atoms with Crippen LogP contribution in [0.3, 0.4) is 0 Å². The Morgan fingerprint density at radius 3 is 2.47 bits per heavy atom. The van der Waals surface area contributed by atoms with Crippen LogP contribution in [0.5, 0.6) is 0 Å². The quantitative estimate of drug-likeness (QED) is 0.769. The van der Waals surface area contributed by atoms with Gasteiger partial charge in [-0.3, -0.25) is 0 Å². The van der Waals surface area contributed by atoms with Crippen LogP contribution in [0.4, 0.5) is 0 Å². The molecular weight excluding hydrogens is 242 g/mol. The number of rotatable bonds is 5. The maximum Gasteiger partial charge on any atom is 0.360 e. The third-order valence-electron chi connectivity index (χ3n) is 3.00. The first-order chi connectivity index (χ1) is 8.82. The van der Waals surface area contributed by atoms with E-state index in [9.17, 15) is 4.79 Å². The first-order valence-electron chi connectivity index (χ1n) is 6.95. The van der Waals surface area contributed by atoms with Crippen LogP contribution in [0.15, 0.2) is 0 Å². The Kier molecular flexibility index (Phi) is 5.09. The molecule has 1 unspecified atom stereocenters. The van der Waals surface area contributed by atoms with Gasteiger partial charge in [-0.1, -0.05) is 39.3 Å². The first kappa shape index (κ1) is 15.7. The van der Waals surface area contributed by atoms with E-state index in [1.54, 1.807) is 6.92 Å². The van der Waals surface area contributed by atoms with Gasteiger partial charge in [0.05, 0.1) is 18.3 Å². The van der Waals surface area contributed by atoms with Crippen molar-refractivity contribution in [2.45, 2.75) is 65.8 Å². The highest BCUT2D eigenvalue weighted by atomic mass is 16.5. The average Bonchev–Trinajstić information content (AvgIpc) is 2.73. The third-order valence-corrected chi connectivity index (χ3v) is 3.00. The molecule has 0 bridgehead atoms. The Hall–Kier alpha value is -1.39. The molecule has 1 heterocycles. The summed E-state index contributed by atoms with van der Waals surface area (Å²) >= 11 is 0. The van der Waals surface area contributed by atoms with Gasteiger partial charge in [-0.25, -0.2) is 9.48 Å². The highest BCUT2D eigenvalue weighted by Crippen LogP contribution is 2.28. The minimum absolute atomic E-state index is 0.201. The molecule has 1 aromatic rings. The molecule has 19 heavy (non-hydrogen) atoms. The van der Waals surface area contributed by atoms with Gasteiger partial charge in [0.15, 0.2) is 5.69 Å². The van der Waals surface area contributed by atoms with Crippen molar-refractivity contribution in [1.82, 2.24) is 15.0 Å². The summed E-state index contributed by atoms with van der Waals surface area (Å²) in [5.41, 5.74) is 0.998. The van der Waals surface area contributed by atoms with Crippen LogP contribution >= 0.6 is 0 Å². The van der Waals surface area contributed by atoms with Gasteiger partial charge in [-0.2, -0.15) is 0 Å². The van der Waals surface area contributed by atoms with E-state index < -0.39 is 0 Å². The molecule has 0 fully saturated rings. The fourth-order valence-electron chi connectivity index (χ4n) is 2.18. The van der Waals surface area contributed by atoms with Crippen LogP contribution in [0.1, 0.15) is 76.6 Å². The fourth-order valence-corrected chi connectivity index (χ4v) is 2.18. The monoisotopic (exact) mass is 267 g/mol. The number of hydrogen-bond donors (Lipinski definition) is 0. The van der Waals surface area contributed by atoms with Crippen LogP contribution in [0.25, 0.3) is 0 Å². The number of ether oxygens (including phenoxy) is 1. The molecule has 5 nitrogen and oxygen atoms in total. The number of aromatic nitrogens is 3. The van der Waals surface area contributed by atoms with Gasteiger partial charge in [0.2, 0.25) is 0 Å². The zero-order valence-corrected chi connectivity index (χ0v) is 12.9. The SMILES string of the molecule is CCCC(C)n1nnc(C(=O)OCC)c1C(C)(C)C. The topological polar surface area (TPSA) is 57.0 Å². The molecule has 108 valence electrons. The summed E-state index contributed by atoms with van der Waals surface area (Å²) in [7, 11) is 0. The summed E-state index contributed by atoms with van der Waals surface area (Å²) in [4.78, 5) is 12.0. The van der Waals surface area contributed by atoms with E-state index in [1.807, 2.05) is 4.68 Å². The van der Waals surface area contributed by atoms with E-state index in [2.05, 4.69) is 44.9 Å². The van der Waals surface area contributed by atoms with Gasteiger partial charge in [0.1, 0.15) is 0 Å². The predicted octanol–water partition coefficient (Wildman–Crippen LogP) is 3.11. The summed E-state index contributed by atoms with van der Waals surface area (Å²) in [5, 5.41) is 8.21. The van der Waals surface area contributed by atoms with Crippen molar-refractivity contribution in [2.24, 2.45) is 0 Å². The third kappa shape index (κ3) is 3.55. The number of nitrogens with zero attached hydrogens (tertiary/aromatic N) is 3. The van der Waals surface area contributed by atoms with Crippen molar-refractivity contribution < 1.29 is 9.53 Å². The largest absolute Gasteiger partial charge is 0.461 e. The standard InChI is InChI=1S/C14H25N3O2/c1-7-9-10(3)17-12(14(4,5)6)11(15-16-17)13(18)19-8-2/h10H,7-9H2,1-6H3. The van der Waals surface area contributed by atoms with Crippen LogP contribution in [0.2, 0.25) is 0 Å². The molecule has 0 spiro atoms. The summed E-state index contributed by atoms with van der Waals surface area (Å²) < 4.78 is 6.93. The summed E-state index contributed by atoms with van der Waals surface area (Å²) in [5.74, 6) is -0.387. The normalized spacial score (nSPS) is 13.4. The van der Waals surface area contributed by atoms with Gasteiger partial charge in [0.25, 0.3) is 0 Å². The molecule has 0 amide bonds. The minimum atomic E-state index is -0.387. The average molecular weight is 267 g/mol. The number of carbonyl (C=O) groups excluding carboxylic acids is 1. The molecule has 0 aliphatic heterocycles. The molecule has 0 saturated carbocycles. The lowest BCUT2D eigenvalue weighted by Gasteiger charge is -2.23. The molecule has 1 atom stereocenters. The number of carbonyl (C=O) groups is 1. The van der Waals surface area contributed by atoms with Gasteiger partial charge >= 0.3 is 5.97 Å². The Bertz CT molecular complexity index is 432. The lowest BCUT2D eigenvalue weighted by molar-refractivity contribution is 0.0516. The van der Waals surface area contributed by atoms with E-state index in [4.69, 9.17) is 4.74 Å². The van der Waals surface area contributed by atoms with E-state index in [-0.39, 0.29) is 17.4 Å². The molecule has 0 radical (unpaired) electrons. The van der Waals surface area contributed by atoms with E-state index in [0.717, 1.165) is 18.5 Å². The molecular formula is C14H25N3O2. The molecule has 0 aliphatic rings. The van der Waals surface area contributed by atoms with Gasteiger partial charge in [0, 0.05) is 5.41 Å². The lowest BCUT2D eigenvalue weighted by Crippen LogP contribution is -2.24. The maximum atomic E-state index is 12.0. The Labute approximate surface area is 115 Å². The molecule has 0 N–H and O–H groups in total. The predicted molar refractivity (Wildman–Crippen MR) is 74.3 cm³/mol. The number of esters is 1. The van der Waals surface area contributed by atoms with Crippen LogP contribution < -0.4 is 0 Å². The molecule has 0 saturated heterocycles. The second-order valence-electron chi connectivity index (χ2n) is 5.84. The van der Waals surface area contributed by atoms with E-state index >= 15 is 0 Å². The molecule has 0 aliphatic carbocycles. The first-order valence-corrected chi connectivity index (χ1v) is 6.95. The maximum absolute atomic E-state index is 12.0. The van der Waals surface area contributed by atoms with Crippen molar-refractivity contribution in [1.29, 1.82) is 0 Å². The second-order valence-corrected chi connectivity index (χ2v) is 5.84. The highest BCUT2D eigenvalue weighted by Gasteiger charge is 2.31. The summed E-state index contributed by atoms with van der Waals surface area (Å²) in [6.45, 7) is 12.5. The van der Waals surface area contributed by atoms with Crippen LogP contribution in [-0.4, -0.2) is 27.6 Å². The van der Waals surface area contributed by atoms with Gasteiger partial charge in [-0.05, 0) is 20.3 Å². The van der Waals surface area contributed by atoms with Crippen LogP contribution in [0, 0.1) is 0 Å². The molecule has 0 aromatic carbocycles. The van der Waals surface area contributed by atoms with E-state index in [1.165, 1.54) is 0 Å². The molecule has 5 heteroatoms. The molecule has 1 rings (SSSR count). The Morgan fingerprint density at radius 1 is 1.37 bits per heavy atom. The van der Waals surface area contributed by atoms with Crippen molar-refractivity contribution in [3.8, 4) is 0 Å². The Morgan fingerprint density at radius 2 is 2.00 bits per heavy atom. The minimum Gasteiger partial charge on any atom is -0.461 e.